The molecule has 1 unspecified atom stereocenters. The van der Waals surface area contributed by atoms with Crippen LogP contribution in [0.5, 0.6) is 0 Å². The second-order valence-electron chi connectivity index (χ2n) is 2.32. The molecule has 0 saturated carbocycles. The Kier molecular flexibility index (Phi) is 5.99. The summed E-state index contributed by atoms with van der Waals surface area (Å²) in [4.78, 5) is 0. The van der Waals surface area contributed by atoms with E-state index in [4.69, 9.17) is 4.74 Å². The summed E-state index contributed by atoms with van der Waals surface area (Å²) in [5.41, 5.74) is 4.50. The van der Waals surface area contributed by atoms with E-state index in [0.717, 1.165) is 19.1 Å². The van der Waals surface area contributed by atoms with Gasteiger partial charge in [0.1, 0.15) is 0 Å². The maximum Gasteiger partial charge on any atom is 0.0491 e. The second-order valence-corrected chi connectivity index (χ2v) is 2.32. The number of hydrogen-bond donors (Lipinski definition) is 1. The van der Waals surface area contributed by atoms with Crippen LogP contribution in [0, 0.1) is 5.92 Å². The molecule has 0 spiro atoms. The SMILES string of the molecule is CC1CCCOC1.CN. The van der Waals surface area contributed by atoms with Crippen LogP contribution < -0.4 is 5.73 Å². The molecule has 1 saturated heterocycles. The molecule has 1 aliphatic heterocycles. The van der Waals surface area contributed by atoms with E-state index in [1.807, 2.05) is 0 Å². The zero-order valence-corrected chi connectivity index (χ0v) is 6.39. The first-order valence-electron chi connectivity index (χ1n) is 3.55. The first kappa shape index (κ1) is 8.92. The predicted molar refractivity (Wildman–Crippen MR) is 39.3 cm³/mol. The van der Waals surface area contributed by atoms with Crippen LogP contribution in [0.4, 0.5) is 0 Å². The molecule has 9 heavy (non-hydrogen) atoms. The highest BCUT2D eigenvalue weighted by Gasteiger charge is 2.06. The van der Waals surface area contributed by atoms with E-state index in [0.29, 0.717) is 0 Å². The molecule has 0 bridgehead atoms. The van der Waals surface area contributed by atoms with Crippen LogP contribution in [0.3, 0.4) is 0 Å². The van der Waals surface area contributed by atoms with Gasteiger partial charge in [0.2, 0.25) is 0 Å². The summed E-state index contributed by atoms with van der Waals surface area (Å²) in [6.07, 6.45) is 2.63. The Balaban J connectivity index is 0.000000291. The lowest BCUT2D eigenvalue weighted by Gasteiger charge is -2.16. The fourth-order valence-electron chi connectivity index (χ4n) is 0.902. The lowest BCUT2D eigenvalue weighted by molar-refractivity contribution is 0.0616. The predicted octanol–water partition coefficient (Wildman–Crippen LogP) is 1.01. The Morgan fingerprint density at radius 2 is 2.11 bits per heavy atom. The molecule has 1 atom stereocenters. The van der Waals surface area contributed by atoms with Crippen molar-refractivity contribution < 1.29 is 4.74 Å². The second kappa shape index (κ2) is 6.05. The summed E-state index contributed by atoms with van der Waals surface area (Å²) in [6.45, 7) is 4.21. The van der Waals surface area contributed by atoms with Crippen LogP contribution in [0.25, 0.3) is 0 Å². The van der Waals surface area contributed by atoms with Crippen molar-refractivity contribution in [2.45, 2.75) is 19.8 Å². The summed E-state index contributed by atoms with van der Waals surface area (Å²) < 4.78 is 5.18. The molecule has 1 fully saturated rings. The molecule has 2 nitrogen and oxygen atoms in total. The van der Waals surface area contributed by atoms with Gasteiger partial charge in [-0.15, -0.1) is 0 Å². The van der Waals surface area contributed by atoms with Crippen LogP contribution in [0.2, 0.25) is 0 Å². The van der Waals surface area contributed by atoms with Crippen molar-refractivity contribution >= 4 is 0 Å². The quantitative estimate of drug-likeness (QED) is 0.532. The van der Waals surface area contributed by atoms with Gasteiger partial charge in [-0.25, -0.2) is 0 Å². The molecule has 0 aliphatic carbocycles. The minimum atomic E-state index is 0.814. The fourth-order valence-corrected chi connectivity index (χ4v) is 0.902. The van der Waals surface area contributed by atoms with E-state index in [-0.39, 0.29) is 0 Å². The van der Waals surface area contributed by atoms with Crippen LogP contribution >= 0.6 is 0 Å². The van der Waals surface area contributed by atoms with Crippen molar-refractivity contribution in [3.63, 3.8) is 0 Å². The smallest absolute Gasteiger partial charge is 0.0491 e. The number of rotatable bonds is 0. The van der Waals surface area contributed by atoms with Gasteiger partial charge in [0, 0.05) is 13.2 Å². The Labute approximate surface area is 57.4 Å². The zero-order chi connectivity index (χ0) is 7.11. The van der Waals surface area contributed by atoms with E-state index in [2.05, 4.69) is 12.7 Å². The summed E-state index contributed by atoms with van der Waals surface area (Å²) >= 11 is 0. The highest BCUT2D eigenvalue weighted by molar-refractivity contribution is 4.55. The van der Waals surface area contributed by atoms with Crippen molar-refractivity contribution in [3.05, 3.63) is 0 Å². The highest BCUT2D eigenvalue weighted by atomic mass is 16.5. The molecule has 2 heteroatoms. The standard InChI is InChI=1S/C6H12O.CH5N/c1-6-3-2-4-7-5-6;1-2/h6H,2-5H2,1H3;2H2,1H3. The van der Waals surface area contributed by atoms with E-state index in [9.17, 15) is 0 Å². The monoisotopic (exact) mass is 131 g/mol. The van der Waals surface area contributed by atoms with Gasteiger partial charge in [0.25, 0.3) is 0 Å². The molecule has 2 N–H and O–H groups in total. The Bertz CT molecular complexity index is 50.9. The molecule has 0 aromatic heterocycles. The molecular weight excluding hydrogens is 114 g/mol. The zero-order valence-electron chi connectivity index (χ0n) is 6.39. The van der Waals surface area contributed by atoms with Crippen molar-refractivity contribution in [2.75, 3.05) is 20.3 Å². The maximum absolute atomic E-state index is 5.18. The van der Waals surface area contributed by atoms with E-state index >= 15 is 0 Å². The Morgan fingerprint density at radius 1 is 1.44 bits per heavy atom. The minimum Gasteiger partial charge on any atom is -0.381 e. The average Bonchev–Trinajstić information content (AvgIpc) is 1.94. The van der Waals surface area contributed by atoms with Gasteiger partial charge >= 0.3 is 0 Å². The van der Waals surface area contributed by atoms with E-state index in [1.54, 1.807) is 0 Å². The van der Waals surface area contributed by atoms with Gasteiger partial charge < -0.3 is 10.5 Å². The van der Waals surface area contributed by atoms with Crippen LogP contribution in [-0.2, 0) is 4.74 Å². The lowest BCUT2D eigenvalue weighted by Crippen LogP contribution is -2.13. The van der Waals surface area contributed by atoms with Gasteiger partial charge in [-0.1, -0.05) is 6.92 Å². The van der Waals surface area contributed by atoms with Gasteiger partial charge in [0.15, 0.2) is 0 Å². The van der Waals surface area contributed by atoms with Gasteiger partial charge in [-0.05, 0) is 25.8 Å². The summed E-state index contributed by atoms with van der Waals surface area (Å²) in [7, 11) is 1.50. The van der Waals surface area contributed by atoms with Crippen LogP contribution in [0.15, 0.2) is 0 Å². The van der Waals surface area contributed by atoms with Crippen molar-refractivity contribution in [1.29, 1.82) is 0 Å². The average molecular weight is 131 g/mol. The normalized spacial score (nSPS) is 26.3. The minimum absolute atomic E-state index is 0.814. The molecule has 0 radical (unpaired) electrons. The van der Waals surface area contributed by atoms with Crippen molar-refractivity contribution in [2.24, 2.45) is 11.7 Å². The van der Waals surface area contributed by atoms with Crippen LogP contribution in [-0.4, -0.2) is 20.3 Å². The molecule has 0 aromatic carbocycles. The molecule has 1 rings (SSSR count). The lowest BCUT2D eigenvalue weighted by atomic mass is 10.1. The molecular formula is C7H17NO. The third kappa shape index (κ3) is 4.43. The van der Waals surface area contributed by atoms with Crippen molar-refractivity contribution in [1.82, 2.24) is 0 Å². The summed E-state index contributed by atoms with van der Waals surface area (Å²) in [5, 5.41) is 0. The highest BCUT2D eigenvalue weighted by Crippen LogP contribution is 2.10. The van der Waals surface area contributed by atoms with Gasteiger partial charge in [0.05, 0.1) is 0 Å². The first-order valence-corrected chi connectivity index (χ1v) is 3.55. The van der Waals surface area contributed by atoms with Gasteiger partial charge in [-0.2, -0.15) is 0 Å². The number of ether oxygens (including phenoxy) is 1. The third-order valence-corrected chi connectivity index (χ3v) is 1.39. The maximum atomic E-state index is 5.18. The number of nitrogens with two attached hydrogens (primary N) is 1. The van der Waals surface area contributed by atoms with Gasteiger partial charge in [-0.3, -0.25) is 0 Å². The summed E-state index contributed by atoms with van der Waals surface area (Å²) in [5.74, 6) is 0.814. The van der Waals surface area contributed by atoms with Crippen LogP contribution in [0.1, 0.15) is 19.8 Å². The molecule has 1 aliphatic rings. The molecule has 0 amide bonds. The first-order chi connectivity index (χ1) is 4.39. The largest absolute Gasteiger partial charge is 0.381 e. The third-order valence-electron chi connectivity index (χ3n) is 1.39. The molecule has 0 aromatic rings. The molecule has 1 heterocycles. The Hall–Kier alpha value is -0.0800. The molecule has 56 valence electrons. The topological polar surface area (TPSA) is 35.2 Å². The van der Waals surface area contributed by atoms with E-state index < -0.39 is 0 Å². The summed E-state index contributed by atoms with van der Waals surface area (Å²) in [6, 6.07) is 0. The number of hydrogen-bond acceptors (Lipinski definition) is 2. The van der Waals surface area contributed by atoms with Crippen molar-refractivity contribution in [3.8, 4) is 0 Å². The Morgan fingerprint density at radius 3 is 2.33 bits per heavy atom. The fraction of sp³-hybridized carbons (Fsp3) is 1.00. The van der Waals surface area contributed by atoms with E-state index in [1.165, 1.54) is 19.9 Å².